The molecule has 0 fully saturated rings. The Balaban J connectivity index is 4.10. The van der Waals surface area contributed by atoms with Crippen LogP contribution in [0.4, 0.5) is 0 Å². The Labute approximate surface area is 144 Å². The second-order valence-electron chi connectivity index (χ2n) is 5.82. The molecule has 0 aromatic carbocycles. The first-order valence-electron chi connectivity index (χ1n) is 8.69. The normalized spacial score (nSPS) is 13.0. The smallest absolute Gasteiger partial charge is 0.316 e. The minimum atomic E-state index is -0.686. The van der Waals surface area contributed by atoms with Crippen LogP contribution in [0.2, 0.25) is 0 Å². The summed E-state index contributed by atoms with van der Waals surface area (Å²) in [5, 5.41) is 0. The van der Waals surface area contributed by atoms with Gasteiger partial charge in [0.25, 0.3) is 0 Å². The van der Waals surface area contributed by atoms with E-state index >= 15 is 0 Å². The molecule has 0 spiro atoms. The molecule has 2 atom stereocenters. The second-order valence-corrected chi connectivity index (χ2v) is 5.82. The van der Waals surface area contributed by atoms with Gasteiger partial charge in [-0.1, -0.05) is 25.7 Å². The third-order valence-corrected chi connectivity index (χ3v) is 3.86. The SMILES string of the molecule is CCOC(=O)C(CCCCCCC(C(C)=O)C(=O)OCC)C(C)=O. The van der Waals surface area contributed by atoms with E-state index in [0.29, 0.717) is 12.8 Å². The molecule has 0 aromatic rings. The molecule has 6 nitrogen and oxygen atoms in total. The maximum absolute atomic E-state index is 11.7. The van der Waals surface area contributed by atoms with E-state index in [1.54, 1.807) is 13.8 Å². The molecule has 0 aliphatic heterocycles. The third-order valence-electron chi connectivity index (χ3n) is 3.86. The Morgan fingerprint density at radius 2 is 1.00 bits per heavy atom. The molecule has 6 heteroatoms. The van der Waals surface area contributed by atoms with Gasteiger partial charge in [-0.25, -0.2) is 0 Å². The Morgan fingerprint density at radius 1 is 0.667 bits per heavy atom. The lowest BCUT2D eigenvalue weighted by molar-refractivity contribution is -0.153. The average molecular weight is 342 g/mol. The largest absolute Gasteiger partial charge is 0.465 e. The first-order valence-corrected chi connectivity index (χ1v) is 8.69. The highest BCUT2D eigenvalue weighted by molar-refractivity contribution is 5.98. The van der Waals surface area contributed by atoms with Gasteiger partial charge in [0, 0.05) is 0 Å². The summed E-state index contributed by atoms with van der Waals surface area (Å²) in [7, 11) is 0. The monoisotopic (exact) mass is 342 g/mol. The molecule has 0 radical (unpaired) electrons. The summed E-state index contributed by atoms with van der Waals surface area (Å²) in [6.07, 6.45) is 4.07. The number of carbonyl (C=O) groups is 4. The predicted molar refractivity (Wildman–Crippen MR) is 89.3 cm³/mol. The number of rotatable bonds is 13. The van der Waals surface area contributed by atoms with Crippen LogP contribution in [0.3, 0.4) is 0 Å². The van der Waals surface area contributed by atoms with Crippen LogP contribution in [-0.2, 0) is 28.7 Å². The molecule has 24 heavy (non-hydrogen) atoms. The number of carbonyl (C=O) groups excluding carboxylic acids is 4. The molecule has 0 saturated carbocycles. The van der Waals surface area contributed by atoms with Crippen molar-refractivity contribution in [1.29, 1.82) is 0 Å². The van der Waals surface area contributed by atoms with E-state index in [1.807, 2.05) is 0 Å². The number of hydrogen-bond donors (Lipinski definition) is 0. The number of Topliss-reactive ketones (excluding diaryl/α,β-unsaturated/α-hetero) is 2. The highest BCUT2D eigenvalue weighted by Crippen LogP contribution is 2.17. The molecule has 138 valence electrons. The number of hydrogen-bond acceptors (Lipinski definition) is 6. The van der Waals surface area contributed by atoms with Crippen LogP contribution in [0.25, 0.3) is 0 Å². The lowest BCUT2D eigenvalue weighted by Gasteiger charge is -2.13. The maximum atomic E-state index is 11.7. The van der Waals surface area contributed by atoms with E-state index in [4.69, 9.17) is 9.47 Å². The first kappa shape index (κ1) is 22.3. The van der Waals surface area contributed by atoms with Gasteiger partial charge in [0.05, 0.1) is 13.2 Å². The summed E-state index contributed by atoms with van der Waals surface area (Å²) in [4.78, 5) is 46.3. The molecule has 0 rings (SSSR count). The Hall–Kier alpha value is -1.72. The minimum absolute atomic E-state index is 0.174. The Morgan fingerprint density at radius 3 is 1.25 bits per heavy atom. The van der Waals surface area contributed by atoms with Gasteiger partial charge in [0.2, 0.25) is 0 Å². The van der Waals surface area contributed by atoms with Gasteiger partial charge in [-0.2, -0.15) is 0 Å². The van der Waals surface area contributed by atoms with Gasteiger partial charge >= 0.3 is 11.9 Å². The quantitative estimate of drug-likeness (QED) is 0.290. The van der Waals surface area contributed by atoms with Gasteiger partial charge < -0.3 is 9.47 Å². The number of ketones is 2. The van der Waals surface area contributed by atoms with Gasteiger partial charge in [0.1, 0.15) is 23.4 Å². The maximum Gasteiger partial charge on any atom is 0.316 e. The molecule has 0 aromatic heterocycles. The molecule has 0 saturated heterocycles. The topological polar surface area (TPSA) is 86.7 Å². The number of esters is 2. The van der Waals surface area contributed by atoms with Crippen LogP contribution in [0.1, 0.15) is 66.2 Å². The predicted octanol–water partition coefficient (Wildman–Crippen LogP) is 2.86. The molecular formula is C18H30O6. The van der Waals surface area contributed by atoms with Crippen LogP contribution < -0.4 is 0 Å². The average Bonchev–Trinajstić information content (AvgIpc) is 2.49. The van der Waals surface area contributed by atoms with Crippen molar-refractivity contribution in [3.63, 3.8) is 0 Å². The van der Waals surface area contributed by atoms with Gasteiger partial charge in [-0.3, -0.25) is 19.2 Å². The van der Waals surface area contributed by atoms with E-state index < -0.39 is 23.8 Å². The Bertz CT molecular complexity index is 389. The summed E-state index contributed by atoms with van der Waals surface area (Å²) in [6.45, 7) is 6.76. The van der Waals surface area contributed by atoms with Crippen LogP contribution in [-0.4, -0.2) is 36.7 Å². The summed E-state index contributed by atoms with van der Waals surface area (Å²) in [5.41, 5.74) is 0. The fourth-order valence-electron chi connectivity index (χ4n) is 2.51. The molecule has 0 aliphatic carbocycles. The summed E-state index contributed by atoms with van der Waals surface area (Å²) >= 11 is 0. The lowest BCUT2D eigenvalue weighted by atomic mass is 9.94. The van der Waals surface area contributed by atoms with Crippen molar-refractivity contribution >= 4 is 23.5 Å². The molecule has 0 N–H and O–H groups in total. The molecular weight excluding hydrogens is 312 g/mol. The number of ether oxygens (including phenoxy) is 2. The highest BCUT2D eigenvalue weighted by atomic mass is 16.5. The highest BCUT2D eigenvalue weighted by Gasteiger charge is 2.25. The fourth-order valence-corrected chi connectivity index (χ4v) is 2.51. The van der Waals surface area contributed by atoms with Gasteiger partial charge in [0.15, 0.2) is 0 Å². The number of unbranched alkanes of at least 4 members (excludes halogenated alkanes) is 3. The standard InChI is InChI=1S/C18H30O6/c1-5-23-17(21)15(13(3)19)11-9-7-8-10-12-16(14(4)20)18(22)24-6-2/h15-16H,5-12H2,1-4H3. The van der Waals surface area contributed by atoms with Crippen LogP contribution in [0.5, 0.6) is 0 Å². The molecule has 0 bridgehead atoms. The zero-order valence-corrected chi connectivity index (χ0v) is 15.3. The van der Waals surface area contributed by atoms with Crippen molar-refractivity contribution in [2.45, 2.75) is 66.2 Å². The van der Waals surface area contributed by atoms with Crippen LogP contribution in [0, 0.1) is 11.8 Å². The first-order chi connectivity index (χ1) is 11.3. The lowest BCUT2D eigenvalue weighted by Crippen LogP contribution is -2.24. The molecule has 0 aliphatic rings. The molecule has 0 heterocycles. The second kappa shape index (κ2) is 12.7. The summed E-state index contributed by atoms with van der Waals surface area (Å²) in [5.74, 6) is -2.63. The van der Waals surface area contributed by atoms with Crippen molar-refractivity contribution < 1.29 is 28.7 Å². The van der Waals surface area contributed by atoms with E-state index in [9.17, 15) is 19.2 Å². The minimum Gasteiger partial charge on any atom is -0.465 e. The van der Waals surface area contributed by atoms with Crippen molar-refractivity contribution in [2.75, 3.05) is 13.2 Å². The van der Waals surface area contributed by atoms with Crippen molar-refractivity contribution in [3.05, 3.63) is 0 Å². The molecule has 0 amide bonds. The van der Waals surface area contributed by atoms with E-state index in [2.05, 4.69) is 0 Å². The fraction of sp³-hybridized carbons (Fsp3) is 0.778. The van der Waals surface area contributed by atoms with Gasteiger partial charge in [-0.05, 0) is 40.5 Å². The summed E-state index contributed by atoms with van der Waals surface area (Å²) in [6, 6.07) is 0. The van der Waals surface area contributed by atoms with E-state index in [1.165, 1.54) is 13.8 Å². The zero-order valence-electron chi connectivity index (χ0n) is 15.3. The van der Waals surface area contributed by atoms with Crippen molar-refractivity contribution in [3.8, 4) is 0 Å². The van der Waals surface area contributed by atoms with Crippen LogP contribution in [0.15, 0.2) is 0 Å². The van der Waals surface area contributed by atoms with Crippen molar-refractivity contribution in [2.24, 2.45) is 11.8 Å². The van der Waals surface area contributed by atoms with Crippen molar-refractivity contribution in [1.82, 2.24) is 0 Å². The zero-order chi connectivity index (χ0) is 18.5. The Kier molecular flexibility index (Phi) is 11.8. The summed E-state index contributed by atoms with van der Waals surface area (Å²) < 4.78 is 9.80. The third kappa shape index (κ3) is 8.79. The van der Waals surface area contributed by atoms with E-state index in [-0.39, 0.29) is 24.8 Å². The van der Waals surface area contributed by atoms with Gasteiger partial charge in [-0.15, -0.1) is 0 Å². The molecule has 2 unspecified atom stereocenters. The van der Waals surface area contributed by atoms with Crippen LogP contribution >= 0.6 is 0 Å². The van der Waals surface area contributed by atoms with E-state index in [0.717, 1.165) is 25.7 Å².